The van der Waals surface area contributed by atoms with E-state index >= 15 is 0 Å². The first-order valence-electron chi connectivity index (χ1n) is 8.34. The van der Waals surface area contributed by atoms with Gasteiger partial charge in [0.25, 0.3) is 0 Å². The molecule has 0 saturated carbocycles. The second-order valence-electron chi connectivity index (χ2n) is 7.12. The van der Waals surface area contributed by atoms with Gasteiger partial charge < -0.3 is 5.32 Å². The fourth-order valence-electron chi connectivity index (χ4n) is 3.29. The lowest BCUT2D eigenvalue weighted by Crippen LogP contribution is -2.42. The van der Waals surface area contributed by atoms with Crippen LogP contribution in [0.15, 0.2) is 23.1 Å². The number of carbonyl (C=O) groups is 1. The van der Waals surface area contributed by atoms with Gasteiger partial charge in [-0.15, -0.1) is 0 Å². The van der Waals surface area contributed by atoms with Crippen molar-refractivity contribution in [1.82, 2.24) is 9.21 Å². The van der Waals surface area contributed by atoms with E-state index < -0.39 is 10.0 Å². The zero-order valence-corrected chi connectivity index (χ0v) is 16.7. The topological polar surface area (TPSA) is 69.7 Å². The molecule has 0 bridgehead atoms. The highest BCUT2D eigenvalue weighted by Crippen LogP contribution is 2.27. The third-order valence-corrected chi connectivity index (χ3v) is 6.44. The number of benzene rings is 1. The fraction of sp³-hybridized carbons (Fsp3) is 0.588. The molecule has 0 spiro atoms. The number of rotatable bonds is 5. The fourth-order valence-corrected chi connectivity index (χ4v) is 4.38. The molecule has 1 fully saturated rings. The molecule has 1 amide bonds. The summed E-state index contributed by atoms with van der Waals surface area (Å²) in [6.45, 7) is 6.43. The van der Waals surface area contributed by atoms with Crippen molar-refractivity contribution in [3.05, 3.63) is 23.2 Å². The molecule has 1 aromatic rings. The number of piperidine rings is 1. The number of nitrogens with zero attached hydrogens (tertiary/aromatic N) is 2. The highest BCUT2D eigenvalue weighted by molar-refractivity contribution is 7.89. The van der Waals surface area contributed by atoms with Crippen LogP contribution >= 0.6 is 11.6 Å². The van der Waals surface area contributed by atoms with Crippen LogP contribution in [0.2, 0.25) is 5.02 Å². The Morgan fingerprint density at radius 3 is 2.44 bits per heavy atom. The molecule has 2 atom stereocenters. The van der Waals surface area contributed by atoms with E-state index in [2.05, 4.69) is 24.1 Å². The van der Waals surface area contributed by atoms with Gasteiger partial charge in [0.1, 0.15) is 0 Å². The van der Waals surface area contributed by atoms with Gasteiger partial charge >= 0.3 is 0 Å². The van der Waals surface area contributed by atoms with Crippen molar-refractivity contribution in [2.75, 3.05) is 39.0 Å². The Morgan fingerprint density at radius 2 is 1.88 bits per heavy atom. The van der Waals surface area contributed by atoms with Crippen LogP contribution in [0, 0.1) is 11.8 Å². The summed E-state index contributed by atoms with van der Waals surface area (Å²) in [6.07, 6.45) is 1.17. The van der Waals surface area contributed by atoms with Crippen molar-refractivity contribution in [3.8, 4) is 0 Å². The molecule has 1 saturated heterocycles. The highest BCUT2D eigenvalue weighted by Gasteiger charge is 2.24. The minimum Gasteiger partial charge on any atom is -0.324 e. The average molecular weight is 388 g/mol. The Labute approximate surface area is 155 Å². The van der Waals surface area contributed by atoms with E-state index in [0.717, 1.165) is 17.4 Å². The average Bonchev–Trinajstić information content (AvgIpc) is 2.47. The molecule has 1 aliphatic rings. The van der Waals surface area contributed by atoms with Gasteiger partial charge in [-0.1, -0.05) is 25.4 Å². The number of sulfonamides is 1. The molecule has 1 aromatic carbocycles. The number of hydrogen-bond donors (Lipinski definition) is 1. The normalized spacial score (nSPS) is 22.2. The van der Waals surface area contributed by atoms with Gasteiger partial charge in [-0.3, -0.25) is 9.69 Å². The zero-order chi connectivity index (χ0) is 18.8. The summed E-state index contributed by atoms with van der Waals surface area (Å²) in [4.78, 5) is 14.6. The van der Waals surface area contributed by atoms with Crippen LogP contribution in [-0.2, 0) is 14.8 Å². The number of likely N-dealkylation sites (tertiary alicyclic amines) is 1. The van der Waals surface area contributed by atoms with Gasteiger partial charge in [-0.05, 0) is 36.5 Å². The largest absolute Gasteiger partial charge is 0.324 e. The number of carbonyl (C=O) groups excluding carboxylic acids is 1. The predicted molar refractivity (Wildman–Crippen MR) is 100 cm³/mol. The van der Waals surface area contributed by atoms with E-state index in [9.17, 15) is 13.2 Å². The molecule has 0 aromatic heterocycles. The van der Waals surface area contributed by atoms with Crippen molar-refractivity contribution in [3.63, 3.8) is 0 Å². The summed E-state index contributed by atoms with van der Waals surface area (Å²) >= 11 is 6.12. The summed E-state index contributed by atoms with van der Waals surface area (Å²) in [5, 5.41) is 3.05. The maximum atomic E-state index is 12.4. The van der Waals surface area contributed by atoms with Gasteiger partial charge in [0.05, 0.1) is 22.2 Å². The number of amides is 1. The van der Waals surface area contributed by atoms with Crippen molar-refractivity contribution in [2.24, 2.45) is 11.8 Å². The Balaban J connectivity index is 2.10. The van der Waals surface area contributed by atoms with Crippen LogP contribution in [0.3, 0.4) is 0 Å². The third kappa shape index (κ3) is 5.17. The van der Waals surface area contributed by atoms with E-state index in [1.165, 1.54) is 38.7 Å². The van der Waals surface area contributed by atoms with E-state index in [-0.39, 0.29) is 17.3 Å². The maximum absolute atomic E-state index is 12.4. The molecule has 140 valence electrons. The highest BCUT2D eigenvalue weighted by atomic mass is 35.5. The van der Waals surface area contributed by atoms with Crippen LogP contribution in [0.25, 0.3) is 0 Å². The molecule has 1 aliphatic heterocycles. The molecular weight excluding hydrogens is 362 g/mol. The van der Waals surface area contributed by atoms with Gasteiger partial charge in [0, 0.05) is 27.2 Å². The molecule has 25 heavy (non-hydrogen) atoms. The predicted octanol–water partition coefficient (Wildman–Crippen LogP) is 2.51. The smallest absolute Gasteiger partial charge is 0.242 e. The van der Waals surface area contributed by atoms with Gasteiger partial charge in [0.2, 0.25) is 15.9 Å². The summed E-state index contributed by atoms with van der Waals surface area (Å²) in [5.74, 6) is 0.935. The minimum atomic E-state index is -3.58. The van der Waals surface area contributed by atoms with E-state index in [0.29, 0.717) is 22.5 Å². The third-order valence-electron chi connectivity index (χ3n) is 4.30. The Hall–Kier alpha value is -1.15. The van der Waals surface area contributed by atoms with Crippen LogP contribution in [0.5, 0.6) is 0 Å². The van der Waals surface area contributed by atoms with Gasteiger partial charge in [-0.25, -0.2) is 12.7 Å². The Kier molecular flexibility index (Phi) is 6.48. The Bertz CT molecular complexity index is 727. The first kappa shape index (κ1) is 20.2. The SMILES string of the molecule is C[C@@H]1C[C@H](C)CN(CC(=O)Nc2cc(S(=O)(=O)N(C)C)ccc2Cl)C1. The zero-order valence-electron chi connectivity index (χ0n) is 15.1. The second-order valence-corrected chi connectivity index (χ2v) is 9.68. The van der Waals surface area contributed by atoms with E-state index in [1.54, 1.807) is 0 Å². The molecule has 0 radical (unpaired) electrons. The molecule has 6 nitrogen and oxygen atoms in total. The van der Waals surface area contributed by atoms with Crippen molar-refractivity contribution >= 4 is 33.2 Å². The van der Waals surface area contributed by atoms with Crippen LogP contribution < -0.4 is 5.32 Å². The summed E-state index contributed by atoms with van der Waals surface area (Å²) in [7, 11) is -0.662. The first-order valence-corrected chi connectivity index (χ1v) is 10.2. The minimum absolute atomic E-state index is 0.0948. The van der Waals surface area contributed by atoms with Crippen LogP contribution in [0.4, 0.5) is 5.69 Å². The summed E-state index contributed by atoms with van der Waals surface area (Å²) in [5.41, 5.74) is 0.313. The van der Waals surface area contributed by atoms with Crippen molar-refractivity contribution in [1.29, 1.82) is 0 Å². The van der Waals surface area contributed by atoms with Crippen molar-refractivity contribution < 1.29 is 13.2 Å². The number of halogens is 1. The number of hydrogen-bond acceptors (Lipinski definition) is 4. The summed E-state index contributed by atoms with van der Waals surface area (Å²) < 4.78 is 25.6. The van der Waals surface area contributed by atoms with E-state index in [1.807, 2.05) is 0 Å². The molecule has 2 rings (SSSR count). The van der Waals surface area contributed by atoms with Crippen molar-refractivity contribution in [2.45, 2.75) is 25.2 Å². The van der Waals surface area contributed by atoms with Crippen LogP contribution in [-0.4, -0.2) is 57.3 Å². The van der Waals surface area contributed by atoms with Crippen LogP contribution in [0.1, 0.15) is 20.3 Å². The van der Waals surface area contributed by atoms with Gasteiger partial charge in [-0.2, -0.15) is 0 Å². The lowest BCUT2D eigenvalue weighted by Gasteiger charge is -2.34. The second kappa shape index (κ2) is 8.03. The molecule has 1 N–H and O–H groups in total. The first-order chi connectivity index (χ1) is 11.6. The maximum Gasteiger partial charge on any atom is 0.242 e. The molecule has 1 heterocycles. The molecule has 0 aliphatic carbocycles. The quantitative estimate of drug-likeness (QED) is 0.842. The van der Waals surface area contributed by atoms with Gasteiger partial charge in [0.15, 0.2) is 0 Å². The Morgan fingerprint density at radius 1 is 1.28 bits per heavy atom. The molecule has 0 unspecified atom stereocenters. The standard InChI is InChI=1S/C17H26ClN3O3S/c1-12-7-13(2)10-21(9-12)11-17(22)19-16-8-14(5-6-15(16)18)25(23,24)20(3)4/h5-6,8,12-13H,7,9-11H2,1-4H3,(H,19,22)/t12-,13+. The molecule has 8 heteroatoms. The molecular formula is C17H26ClN3O3S. The lowest BCUT2D eigenvalue weighted by atomic mass is 9.92. The van der Waals surface area contributed by atoms with E-state index in [4.69, 9.17) is 11.6 Å². The number of anilines is 1. The summed E-state index contributed by atoms with van der Waals surface area (Å²) in [6, 6.07) is 4.32. The monoisotopic (exact) mass is 387 g/mol. The lowest BCUT2D eigenvalue weighted by molar-refractivity contribution is -0.117. The number of nitrogens with one attached hydrogen (secondary N) is 1.